The number of aromatic nitrogens is 3. The van der Waals surface area contributed by atoms with Gasteiger partial charge in [0.1, 0.15) is 5.69 Å². The molecular formula is C13H21ClN4OS. The lowest BCUT2D eigenvalue weighted by molar-refractivity contribution is 0.417. The van der Waals surface area contributed by atoms with Gasteiger partial charge >= 0.3 is 0 Å². The van der Waals surface area contributed by atoms with Crippen molar-refractivity contribution in [2.24, 2.45) is 5.92 Å². The summed E-state index contributed by atoms with van der Waals surface area (Å²) >= 11 is 1.65. The average molecular weight is 317 g/mol. The fourth-order valence-electron chi connectivity index (χ4n) is 1.67. The molecular weight excluding hydrogens is 296 g/mol. The van der Waals surface area contributed by atoms with Crippen LogP contribution < -0.4 is 5.32 Å². The minimum atomic E-state index is 0. The number of nitrogens with one attached hydrogen (secondary N) is 1. The van der Waals surface area contributed by atoms with Crippen LogP contribution in [-0.4, -0.2) is 28.2 Å². The maximum atomic E-state index is 5.27. The van der Waals surface area contributed by atoms with Gasteiger partial charge in [-0.1, -0.05) is 19.0 Å². The summed E-state index contributed by atoms with van der Waals surface area (Å²) < 4.78 is 5.27. The molecule has 2 aromatic rings. The third-order valence-corrected chi connectivity index (χ3v) is 3.67. The van der Waals surface area contributed by atoms with Crippen LogP contribution in [0.2, 0.25) is 0 Å². The summed E-state index contributed by atoms with van der Waals surface area (Å²) in [4.78, 5) is 8.93. The topological polar surface area (TPSA) is 63.8 Å². The predicted octanol–water partition coefficient (Wildman–Crippen LogP) is 2.96. The predicted molar refractivity (Wildman–Crippen MR) is 83.4 cm³/mol. The first-order valence-corrected chi connectivity index (χ1v) is 7.41. The maximum Gasteiger partial charge on any atom is 0.277 e. The summed E-state index contributed by atoms with van der Waals surface area (Å²) in [7, 11) is 1.92. The van der Waals surface area contributed by atoms with Crippen LogP contribution in [0.3, 0.4) is 0 Å². The van der Waals surface area contributed by atoms with E-state index >= 15 is 0 Å². The molecule has 0 amide bonds. The quantitative estimate of drug-likeness (QED) is 0.887. The smallest absolute Gasteiger partial charge is 0.277 e. The van der Waals surface area contributed by atoms with E-state index in [-0.39, 0.29) is 12.4 Å². The largest absolute Gasteiger partial charge is 0.332 e. The van der Waals surface area contributed by atoms with Gasteiger partial charge in [0, 0.05) is 24.3 Å². The van der Waals surface area contributed by atoms with Crippen LogP contribution in [0.25, 0.3) is 11.6 Å². The Balaban J connectivity index is 0.00000200. The van der Waals surface area contributed by atoms with Crippen LogP contribution in [0, 0.1) is 5.92 Å². The van der Waals surface area contributed by atoms with Gasteiger partial charge in [-0.15, -0.1) is 23.7 Å². The fraction of sp³-hybridized carbons (Fsp3) is 0.615. The van der Waals surface area contributed by atoms with E-state index in [1.54, 1.807) is 11.3 Å². The zero-order chi connectivity index (χ0) is 13.8. The Bertz CT molecular complexity index is 526. The molecule has 5 nitrogen and oxygen atoms in total. The van der Waals surface area contributed by atoms with Crippen molar-refractivity contribution in [2.45, 2.75) is 39.7 Å². The van der Waals surface area contributed by atoms with Gasteiger partial charge in [-0.05, 0) is 19.9 Å². The molecule has 0 aliphatic rings. The van der Waals surface area contributed by atoms with Gasteiger partial charge in [0.2, 0.25) is 0 Å². The van der Waals surface area contributed by atoms with E-state index in [0.29, 0.717) is 17.9 Å². The summed E-state index contributed by atoms with van der Waals surface area (Å²) in [6.45, 7) is 6.45. The van der Waals surface area contributed by atoms with Gasteiger partial charge in [0.25, 0.3) is 5.89 Å². The molecule has 0 fully saturated rings. The average Bonchev–Trinajstić information content (AvgIpc) is 2.97. The standard InChI is InChI=1S/C13H20N4OS.ClH/c1-8(2)5-12-15-10(7-19-12)13-16-11(17-18-13)6-9(3)14-4;/h7-9,14H,5-6H2,1-4H3;1H. The highest BCUT2D eigenvalue weighted by molar-refractivity contribution is 7.09. The number of hydrogen-bond donors (Lipinski definition) is 1. The summed E-state index contributed by atoms with van der Waals surface area (Å²) in [5.74, 6) is 1.84. The second kappa shape index (κ2) is 7.71. The van der Waals surface area contributed by atoms with Crippen molar-refractivity contribution in [3.05, 3.63) is 16.2 Å². The van der Waals surface area contributed by atoms with Crippen molar-refractivity contribution in [1.29, 1.82) is 0 Å². The molecule has 0 spiro atoms. The Kier molecular flexibility index (Phi) is 6.58. The molecule has 0 saturated carbocycles. The first-order chi connectivity index (χ1) is 9.08. The Morgan fingerprint density at radius 3 is 2.65 bits per heavy atom. The van der Waals surface area contributed by atoms with Crippen LogP contribution in [-0.2, 0) is 12.8 Å². The van der Waals surface area contributed by atoms with Gasteiger partial charge in [0.05, 0.1) is 5.01 Å². The first kappa shape index (κ1) is 17.1. The zero-order valence-electron chi connectivity index (χ0n) is 12.2. The second-order valence-electron chi connectivity index (χ2n) is 5.13. The Morgan fingerprint density at radius 1 is 1.25 bits per heavy atom. The molecule has 0 aromatic carbocycles. The van der Waals surface area contributed by atoms with E-state index in [2.05, 4.69) is 41.2 Å². The number of thiazole rings is 1. The fourth-order valence-corrected chi connectivity index (χ4v) is 2.65. The molecule has 1 atom stereocenters. The molecule has 0 radical (unpaired) electrons. The van der Waals surface area contributed by atoms with Crippen LogP contribution in [0.5, 0.6) is 0 Å². The molecule has 0 bridgehead atoms. The van der Waals surface area contributed by atoms with Crippen LogP contribution in [0.1, 0.15) is 31.6 Å². The van der Waals surface area contributed by atoms with Crippen LogP contribution in [0.4, 0.5) is 0 Å². The number of likely N-dealkylation sites (N-methyl/N-ethyl adjacent to an activating group) is 1. The monoisotopic (exact) mass is 316 g/mol. The van der Waals surface area contributed by atoms with E-state index in [4.69, 9.17) is 4.52 Å². The van der Waals surface area contributed by atoms with Crippen LogP contribution >= 0.6 is 23.7 Å². The molecule has 2 heterocycles. The van der Waals surface area contributed by atoms with E-state index in [9.17, 15) is 0 Å². The Hall–Kier alpha value is -0.980. The minimum Gasteiger partial charge on any atom is -0.332 e. The minimum absolute atomic E-state index is 0. The maximum absolute atomic E-state index is 5.27. The van der Waals surface area contributed by atoms with Gasteiger partial charge in [-0.2, -0.15) is 4.98 Å². The second-order valence-corrected chi connectivity index (χ2v) is 6.08. The molecule has 20 heavy (non-hydrogen) atoms. The van der Waals surface area contributed by atoms with Crippen molar-refractivity contribution in [2.75, 3.05) is 7.05 Å². The molecule has 0 saturated heterocycles. The third kappa shape index (κ3) is 4.54. The van der Waals surface area contributed by atoms with E-state index < -0.39 is 0 Å². The lowest BCUT2D eigenvalue weighted by atomic mass is 10.1. The number of hydrogen-bond acceptors (Lipinski definition) is 6. The van der Waals surface area contributed by atoms with Crippen molar-refractivity contribution >= 4 is 23.7 Å². The molecule has 0 aliphatic carbocycles. The lowest BCUT2D eigenvalue weighted by Crippen LogP contribution is -2.24. The Morgan fingerprint density at radius 2 is 2.00 bits per heavy atom. The van der Waals surface area contributed by atoms with Gasteiger partial charge in [-0.25, -0.2) is 4.98 Å². The highest BCUT2D eigenvalue weighted by atomic mass is 35.5. The molecule has 7 heteroatoms. The highest BCUT2D eigenvalue weighted by Gasteiger charge is 2.14. The van der Waals surface area contributed by atoms with E-state index in [1.807, 2.05) is 12.4 Å². The third-order valence-electron chi connectivity index (χ3n) is 2.80. The molecule has 1 unspecified atom stereocenters. The van der Waals surface area contributed by atoms with Gasteiger partial charge < -0.3 is 9.84 Å². The summed E-state index contributed by atoms with van der Waals surface area (Å²) in [6.07, 6.45) is 1.74. The Labute approximate surface area is 129 Å². The summed E-state index contributed by atoms with van der Waals surface area (Å²) in [5.41, 5.74) is 0.788. The number of halogens is 1. The van der Waals surface area contributed by atoms with E-state index in [1.165, 1.54) is 0 Å². The van der Waals surface area contributed by atoms with E-state index in [0.717, 1.165) is 29.4 Å². The van der Waals surface area contributed by atoms with Crippen molar-refractivity contribution < 1.29 is 4.52 Å². The summed E-state index contributed by atoms with van der Waals surface area (Å²) in [6, 6.07) is 0.331. The van der Waals surface area contributed by atoms with Crippen LogP contribution in [0.15, 0.2) is 9.90 Å². The zero-order valence-corrected chi connectivity index (χ0v) is 13.8. The highest BCUT2D eigenvalue weighted by Crippen LogP contribution is 2.22. The molecule has 2 rings (SSSR count). The summed E-state index contributed by atoms with van der Waals surface area (Å²) in [5, 5.41) is 10.2. The number of nitrogens with zero attached hydrogens (tertiary/aromatic N) is 3. The van der Waals surface area contributed by atoms with Crippen molar-refractivity contribution in [3.63, 3.8) is 0 Å². The van der Waals surface area contributed by atoms with Gasteiger partial charge in [0.15, 0.2) is 5.82 Å². The van der Waals surface area contributed by atoms with Crippen molar-refractivity contribution in [1.82, 2.24) is 20.4 Å². The molecule has 112 valence electrons. The normalized spacial score (nSPS) is 12.4. The van der Waals surface area contributed by atoms with Crippen molar-refractivity contribution in [3.8, 4) is 11.6 Å². The first-order valence-electron chi connectivity index (χ1n) is 6.53. The number of rotatable bonds is 6. The molecule has 0 aliphatic heterocycles. The van der Waals surface area contributed by atoms with Gasteiger partial charge in [-0.3, -0.25) is 0 Å². The molecule has 2 aromatic heterocycles. The SMILES string of the molecule is CNC(C)Cc1noc(-c2csc(CC(C)C)n2)n1.Cl. The lowest BCUT2D eigenvalue weighted by Gasteiger charge is -2.04. The molecule has 1 N–H and O–H groups in total.